The summed E-state index contributed by atoms with van der Waals surface area (Å²) >= 11 is 1.32. The van der Waals surface area contributed by atoms with E-state index in [1.807, 2.05) is 32.0 Å². The van der Waals surface area contributed by atoms with E-state index in [-0.39, 0.29) is 11.8 Å². The quantitative estimate of drug-likeness (QED) is 0.646. The molecule has 0 saturated carbocycles. The highest BCUT2D eigenvalue weighted by atomic mass is 32.1. The van der Waals surface area contributed by atoms with E-state index in [0.29, 0.717) is 5.13 Å². The molecular formula is C23H26N4O2S. The molecule has 3 aromatic rings. The molecule has 6 nitrogen and oxygen atoms in total. The minimum atomic E-state index is -0.701. The zero-order valence-corrected chi connectivity index (χ0v) is 18.1. The number of morpholine rings is 1. The third kappa shape index (κ3) is 4.37. The van der Waals surface area contributed by atoms with Gasteiger partial charge in [0.2, 0.25) is 11.0 Å². The van der Waals surface area contributed by atoms with Gasteiger partial charge in [-0.15, -0.1) is 10.2 Å². The SMILES string of the molecule is CC(C)(C(=O)Nc1nncs1)[C@H](c1ccccc1)c1ccc(N2CCOCC2)cc1. The Morgan fingerprint density at radius 3 is 2.37 bits per heavy atom. The number of aromatic nitrogens is 2. The summed E-state index contributed by atoms with van der Waals surface area (Å²) in [6, 6.07) is 18.8. The number of nitrogens with one attached hydrogen (secondary N) is 1. The topological polar surface area (TPSA) is 67.4 Å². The molecule has 2 aromatic carbocycles. The molecule has 1 aromatic heterocycles. The minimum absolute atomic E-state index is 0.0784. The Bertz CT molecular complexity index is 953. The Morgan fingerprint density at radius 1 is 1.07 bits per heavy atom. The van der Waals surface area contributed by atoms with Crippen LogP contribution in [0.3, 0.4) is 0 Å². The van der Waals surface area contributed by atoms with E-state index >= 15 is 0 Å². The summed E-state index contributed by atoms with van der Waals surface area (Å²) in [6.07, 6.45) is 0. The summed E-state index contributed by atoms with van der Waals surface area (Å²) in [5.41, 5.74) is 4.31. The highest BCUT2D eigenvalue weighted by molar-refractivity contribution is 7.13. The van der Waals surface area contributed by atoms with Crippen LogP contribution in [0.4, 0.5) is 10.8 Å². The van der Waals surface area contributed by atoms with Crippen molar-refractivity contribution >= 4 is 28.1 Å². The van der Waals surface area contributed by atoms with Crippen LogP contribution in [-0.2, 0) is 9.53 Å². The molecule has 0 bridgehead atoms. The molecule has 1 saturated heterocycles. The normalized spacial score (nSPS) is 15.6. The second-order valence-corrected chi connectivity index (χ2v) is 8.79. The van der Waals surface area contributed by atoms with Crippen molar-refractivity contribution in [2.24, 2.45) is 5.41 Å². The molecule has 0 radical (unpaired) electrons. The predicted molar refractivity (Wildman–Crippen MR) is 120 cm³/mol. The summed E-state index contributed by atoms with van der Waals surface area (Å²) in [7, 11) is 0. The summed E-state index contributed by atoms with van der Waals surface area (Å²) in [6.45, 7) is 7.28. The molecule has 156 valence electrons. The van der Waals surface area contributed by atoms with Gasteiger partial charge in [0.15, 0.2) is 0 Å². The maximum atomic E-state index is 13.2. The summed E-state index contributed by atoms with van der Waals surface area (Å²) in [5, 5.41) is 11.2. The van der Waals surface area contributed by atoms with Crippen LogP contribution in [0.1, 0.15) is 30.9 Å². The second kappa shape index (κ2) is 8.93. The van der Waals surface area contributed by atoms with Crippen molar-refractivity contribution in [2.45, 2.75) is 19.8 Å². The van der Waals surface area contributed by atoms with Crippen LogP contribution in [0.15, 0.2) is 60.1 Å². The molecule has 1 aliphatic heterocycles. The Kier molecular flexibility index (Phi) is 6.11. The molecular weight excluding hydrogens is 396 g/mol. The first-order valence-corrected chi connectivity index (χ1v) is 11.0. The number of hydrogen-bond donors (Lipinski definition) is 1. The molecule has 1 atom stereocenters. The lowest BCUT2D eigenvalue weighted by molar-refractivity contribution is -0.124. The first-order chi connectivity index (χ1) is 14.6. The summed E-state index contributed by atoms with van der Waals surface area (Å²) in [5.74, 6) is -0.185. The molecule has 0 aliphatic carbocycles. The predicted octanol–water partition coefficient (Wildman–Crippen LogP) is 4.17. The third-order valence-electron chi connectivity index (χ3n) is 5.62. The van der Waals surface area contributed by atoms with Gasteiger partial charge in [0.25, 0.3) is 0 Å². The average Bonchev–Trinajstić information content (AvgIpc) is 3.29. The van der Waals surface area contributed by atoms with Gasteiger partial charge >= 0.3 is 0 Å². The zero-order chi connectivity index (χ0) is 21.0. The fraction of sp³-hybridized carbons (Fsp3) is 0.348. The van der Waals surface area contributed by atoms with Gasteiger partial charge in [-0.3, -0.25) is 4.79 Å². The van der Waals surface area contributed by atoms with Crippen molar-refractivity contribution in [1.29, 1.82) is 0 Å². The van der Waals surface area contributed by atoms with Crippen LogP contribution in [-0.4, -0.2) is 42.4 Å². The van der Waals surface area contributed by atoms with Crippen molar-refractivity contribution in [3.63, 3.8) is 0 Å². The van der Waals surface area contributed by atoms with Gasteiger partial charge < -0.3 is 15.0 Å². The smallest absolute Gasteiger partial charge is 0.232 e. The number of carbonyl (C=O) groups is 1. The monoisotopic (exact) mass is 422 g/mol. The number of carbonyl (C=O) groups excluding carboxylic acids is 1. The molecule has 1 aliphatic rings. The first-order valence-electron chi connectivity index (χ1n) is 10.1. The average molecular weight is 423 g/mol. The Labute approximate surface area is 180 Å². The Hall–Kier alpha value is -2.77. The van der Waals surface area contributed by atoms with Gasteiger partial charge in [-0.05, 0) is 23.3 Å². The van der Waals surface area contributed by atoms with Gasteiger partial charge in [0, 0.05) is 24.7 Å². The van der Waals surface area contributed by atoms with Crippen molar-refractivity contribution in [3.05, 3.63) is 71.2 Å². The second-order valence-electron chi connectivity index (χ2n) is 7.95. The third-order valence-corrected chi connectivity index (χ3v) is 6.23. The Morgan fingerprint density at radius 2 is 1.73 bits per heavy atom. The summed E-state index contributed by atoms with van der Waals surface area (Å²) in [4.78, 5) is 15.6. The highest BCUT2D eigenvalue weighted by Gasteiger charge is 2.39. The van der Waals surface area contributed by atoms with Crippen LogP contribution >= 0.6 is 11.3 Å². The van der Waals surface area contributed by atoms with Crippen LogP contribution in [0, 0.1) is 5.41 Å². The number of ether oxygens (including phenoxy) is 1. The molecule has 1 fully saturated rings. The van der Waals surface area contributed by atoms with Crippen molar-refractivity contribution in [3.8, 4) is 0 Å². The van der Waals surface area contributed by atoms with Crippen LogP contribution in [0.25, 0.3) is 0 Å². The molecule has 7 heteroatoms. The maximum Gasteiger partial charge on any atom is 0.232 e. The Balaban J connectivity index is 1.65. The minimum Gasteiger partial charge on any atom is -0.378 e. The highest BCUT2D eigenvalue weighted by Crippen LogP contribution is 2.42. The zero-order valence-electron chi connectivity index (χ0n) is 17.2. The van der Waals surface area contributed by atoms with Gasteiger partial charge in [-0.25, -0.2) is 0 Å². The van der Waals surface area contributed by atoms with E-state index in [0.717, 1.165) is 37.4 Å². The molecule has 4 rings (SSSR count). The van der Waals surface area contributed by atoms with Gasteiger partial charge in [-0.1, -0.05) is 67.6 Å². The van der Waals surface area contributed by atoms with Gasteiger partial charge in [0.1, 0.15) is 5.51 Å². The van der Waals surface area contributed by atoms with Crippen LogP contribution < -0.4 is 10.2 Å². The fourth-order valence-electron chi connectivity index (χ4n) is 3.99. The van der Waals surface area contributed by atoms with Crippen LogP contribution in [0.2, 0.25) is 0 Å². The lowest BCUT2D eigenvalue weighted by atomic mass is 9.70. The van der Waals surface area contributed by atoms with E-state index in [9.17, 15) is 4.79 Å². The molecule has 0 spiro atoms. The standard InChI is InChI=1S/C23H26N4O2S/c1-23(2,21(28)25-22-26-24-16-30-22)20(17-6-4-3-5-7-17)18-8-10-19(11-9-18)27-12-14-29-15-13-27/h3-11,16,20H,12-15H2,1-2H3,(H,25,26,28)/t20-/m1/s1. The molecule has 1 amide bonds. The van der Waals surface area contributed by atoms with E-state index in [2.05, 4.69) is 56.8 Å². The van der Waals surface area contributed by atoms with Gasteiger partial charge in [-0.2, -0.15) is 0 Å². The van der Waals surface area contributed by atoms with Gasteiger partial charge in [0.05, 0.1) is 18.6 Å². The number of amides is 1. The van der Waals surface area contributed by atoms with E-state index < -0.39 is 5.41 Å². The van der Waals surface area contributed by atoms with E-state index in [1.165, 1.54) is 17.0 Å². The lowest BCUT2D eigenvalue weighted by Gasteiger charge is -2.34. The largest absolute Gasteiger partial charge is 0.378 e. The number of rotatable bonds is 6. The molecule has 2 heterocycles. The van der Waals surface area contributed by atoms with E-state index in [4.69, 9.17) is 4.74 Å². The number of hydrogen-bond acceptors (Lipinski definition) is 6. The molecule has 1 N–H and O–H groups in total. The number of benzene rings is 2. The molecule has 0 unspecified atom stereocenters. The lowest BCUT2D eigenvalue weighted by Crippen LogP contribution is -2.37. The fourth-order valence-corrected chi connectivity index (χ4v) is 4.43. The summed E-state index contributed by atoms with van der Waals surface area (Å²) < 4.78 is 5.46. The van der Waals surface area contributed by atoms with Crippen molar-refractivity contribution in [2.75, 3.05) is 36.5 Å². The van der Waals surface area contributed by atoms with Crippen molar-refractivity contribution < 1.29 is 9.53 Å². The number of anilines is 2. The maximum absolute atomic E-state index is 13.2. The molecule has 30 heavy (non-hydrogen) atoms. The van der Waals surface area contributed by atoms with E-state index in [1.54, 1.807) is 5.51 Å². The van der Waals surface area contributed by atoms with Crippen LogP contribution in [0.5, 0.6) is 0 Å². The first kappa shape index (κ1) is 20.5. The number of nitrogens with zero attached hydrogens (tertiary/aromatic N) is 3. The van der Waals surface area contributed by atoms with Crippen molar-refractivity contribution in [1.82, 2.24) is 10.2 Å².